The van der Waals surface area contributed by atoms with Gasteiger partial charge in [-0.1, -0.05) is 23.7 Å². The Bertz CT molecular complexity index is 884. The van der Waals surface area contributed by atoms with E-state index in [-0.39, 0.29) is 25.9 Å². The van der Waals surface area contributed by atoms with E-state index in [2.05, 4.69) is 0 Å². The molecule has 2 aromatic rings. The van der Waals surface area contributed by atoms with Gasteiger partial charge in [-0.3, -0.25) is 0 Å². The molecule has 1 aliphatic rings. The van der Waals surface area contributed by atoms with Gasteiger partial charge in [-0.2, -0.15) is 0 Å². The lowest BCUT2D eigenvalue weighted by atomic mass is 9.95. The Balaban J connectivity index is 1.91. The number of nitrogens with zero attached hydrogens (tertiary/aromatic N) is 1. The highest BCUT2D eigenvalue weighted by atomic mass is 35.5. The van der Waals surface area contributed by atoms with Crippen molar-refractivity contribution < 1.29 is 23.2 Å². The van der Waals surface area contributed by atoms with Crippen LogP contribution in [0.15, 0.2) is 47.4 Å². The predicted molar refractivity (Wildman–Crippen MR) is 102 cm³/mol. The van der Waals surface area contributed by atoms with E-state index in [1.807, 2.05) is 24.3 Å². The Morgan fingerprint density at radius 3 is 2.59 bits per heavy atom. The summed E-state index contributed by atoms with van der Waals surface area (Å²) >= 11 is 6.14. The zero-order chi connectivity index (χ0) is 19.6. The van der Waals surface area contributed by atoms with E-state index in [4.69, 9.17) is 21.4 Å². The van der Waals surface area contributed by atoms with Gasteiger partial charge in [0.2, 0.25) is 5.67 Å². The lowest BCUT2D eigenvalue weighted by Gasteiger charge is -2.33. The highest BCUT2D eigenvalue weighted by Gasteiger charge is 2.43. The average molecular weight is 412 g/mol. The topological polar surface area (TPSA) is 66.8 Å². The third kappa shape index (κ3) is 4.15. The number of alkyl halides is 1. The maximum Gasteiger partial charge on any atom is 0.341 e. The van der Waals surface area contributed by atoms with Gasteiger partial charge in [0.15, 0.2) is 0 Å². The number of aliphatic carboxylic acids is 1. The fourth-order valence-corrected chi connectivity index (χ4v) is 4.54. The number of carboxylic acid groups (broad SMARTS) is 1. The second-order valence-corrected chi connectivity index (χ2v) is 8.21. The fourth-order valence-electron chi connectivity index (χ4n) is 3.03. The van der Waals surface area contributed by atoms with Crippen molar-refractivity contribution in [2.75, 3.05) is 20.2 Å². The summed E-state index contributed by atoms with van der Waals surface area (Å²) in [5, 5.41) is 9.52. The zero-order valence-electron chi connectivity index (χ0n) is 14.7. The van der Waals surface area contributed by atoms with Gasteiger partial charge < -0.3 is 9.84 Å². The molecule has 27 heavy (non-hydrogen) atoms. The molecule has 144 valence electrons. The Morgan fingerprint density at radius 1 is 1.26 bits per heavy atom. The Hall–Kier alpha value is -1.96. The molecule has 1 atom stereocenters. The summed E-state index contributed by atoms with van der Waals surface area (Å²) in [6.45, 7) is 0.186. The minimum absolute atomic E-state index is 0.0928. The molecule has 0 aromatic heterocycles. The normalized spacial score (nSPS) is 18.0. The molecule has 0 radical (unpaired) electrons. The van der Waals surface area contributed by atoms with Crippen molar-refractivity contribution in [1.82, 2.24) is 4.31 Å². The van der Waals surface area contributed by atoms with Gasteiger partial charge in [0.25, 0.3) is 0 Å². The third-order valence-corrected chi connectivity index (χ3v) is 6.44. The number of benzene rings is 2. The number of hydrogen-bond acceptors (Lipinski definition) is 3. The van der Waals surface area contributed by atoms with Crippen molar-refractivity contribution in [1.29, 1.82) is 0 Å². The molecule has 0 spiro atoms. The number of rotatable bonds is 5. The van der Waals surface area contributed by atoms with Crippen molar-refractivity contribution in [3.8, 4) is 16.9 Å². The van der Waals surface area contributed by atoms with Gasteiger partial charge in [-0.25, -0.2) is 17.7 Å². The van der Waals surface area contributed by atoms with E-state index < -0.39 is 22.6 Å². The van der Waals surface area contributed by atoms with Gasteiger partial charge in [0.1, 0.15) is 16.7 Å². The molecule has 0 saturated carbocycles. The summed E-state index contributed by atoms with van der Waals surface area (Å²) in [4.78, 5) is 11.6. The van der Waals surface area contributed by atoms with E-state index in [0.717, 1.165) is 5.56 Å². The van der Waals surface area contributed by atoms with Crippen molar-refractivity contribution in [3.05, 3.63) is 47.5 Å². The SMILES string of the molecule is COc1cccc(-c2cc(Cl)ccc2S(=O)N2CCC(F)(C(=O)O)CC2)c1. The highest BCUT2D eigenvalue weighted by molar-refractivity contribution is 7.82. The predicted octanol–water partition coefficient (Wildman–Crippen LogP) is 3.93. The molecule has 1 aliphatic heterocycles. The number of carboxylic acids is 1. The minimum Gasteiger partial charge on any atom is -0.497 e. The molecule has 3 rings (SSSR count). The van der Waals surface area contributed by atoms with E-state index >= 15 is 0 Å². The molecule has 0 amide bonds. The number of carbonyl (C=O) groups is 1. The summed E-state index contributed by atoms with van der Waals surface area (Å²) in [5.41, 5.74) is -0.770. The number of ether oxygens (including phenoxy) is 1. The van der Waals surface area contributed by atoms with Crippen LogP contribution in [-0.4, -0.2) is 45.5 Å². The summed E-state index contributed by atoms with van der Waals surface area (Å²) in [7, 11) is -0.00586. The molecule has 2 aromatic carbocycles. The molecule has 1 fully saturated rings. The van der Waals surface area contributed by atoms with Gasteiger partial charge in [-0.05, 0) is 35.9 Å². The molecular formula is C19H19ClFNO4S. The van der Waals surface area contributed by atoms with Crippen LogP contribution >= 0.6 is 11.6 Å². The quantitative estimate of drug-likeness (QED) is 0.809. The van der Waals surface area contributed by atoms with Crippen LogP contribution in [0.25, 0.3) is 11.1 Å². The Morgan fingerprint density at radius 2 is 1.96 bits per heavy atom. The van der Waals surface area contributed by atoms with Gasteiger partial charge in [-0.15, -0.1) is 0 Å². The third-order valence-electron chi connectivity index (χ3n) is 4.64. The molecule has 1 N–H and O–H groups in total. The smallest absolute Gasteiger partial charge is 0.341 e. The summed E-state index contributed by atoms with van der Waals surface area (Å²) in [5.74, 6) is -0.803. The molecule has 0 bridgehead atoms. The highest BCUT2D eigenvalue weighted by Crippen LogP contribution is 2.34. The maximum absolute atomic E-state index is 14.3. The van der Waals surface area contributed by atoms with E-state index in [0.29, 0.717) is 21.2 Å². The first-order valence-electron chi connectivity index (χ1n) is 8.37. The summed E-state index contributed by atoms with van der Waals surface area (Å²) in [6.07, 6.45) is -0.397. The number of piperidine rings is 1. The van der Waals surface area contributed by atoms with Gasteiger partial charge in [0, 0.05) is 36.5 Å². The second kappa shape index (κ2) is 7.96. The first-order valence-corrected chi connectivity index (χ1v) is 9.86. The first-order chi connectivity index (χ1) is 12.8. The average Bonchev–Trinajstić information content (AvgIpc) is 2.68. The van der Waals surface area contributed by atoms with Gasteiger partial charge in [0.05, 0.1) is 12.0 Å². The minimum atomic E-state index is -2.25. The zero-order valence-corrected chi connectivity index (χ0v) is 16.2. The molecule has 1 heterocycles. The maximum atomic E-state index is 14.3. The molecule has 0 aliphatic carbocycles. The van der Waals surface area contributed by atoms with Crippen molar-refractivity contribution in [2.24, 2.45) is 0 Å². The van der Waals surface area contributed by atoms with Crippen LogP contribution in [0.2, 0.25) is 5.02 Å². The molecule has 1 unspecified atom stereocenters. The largest absolute Gasteiger partial charge is 0.497 e. The van der Waals surface area contributed by atoms with Crippen LogP contribution < -0.4 is 4.74 Å². The molecule has 1 saturated heterocycles. The lowest BCUT2D eigenvalue weighted by molar-refractivity contribution is -0.153. The van der Waals surface area contributed by atoms with Gasteiger partial charge >= 0.3 is 5.97 Å². The van der Waals surface area contributed by atoms with Crippen molar-refractivity contribution in [2.45, 2.75) is 23.4 Å². The van der Waals surface area contributed by atoms with E-state index in [9.17, 15) is 13.4 Å². The molecule has 8 heteroatoms. The Kier molecular flexibility index (Phi) is 5.83. The standard InChI is InChI=1S/C19H19ClFNO4S/c1-26-15-4-2-3-13(11-15)16-12-14(20)5-6-17(16)27(25)22-9-7-19(21,8-10-22)18(23)24/h2-6,11-12H,7-10H2,1H3,(H,23,24). The monoisotopic (exact) mass is 411 g/mol. The van der Waals surface area contributed by atoms with Crippen molar-refractivity contribution >= 4 is 28.6 Å². The van der Waals surface area contributed by atoms with E-state index in [1.165, 1.54) is 0 Å². The number of methoxy groups -OCH3 is 1. The lowest BCUT2D eigenvalue weighted by Crippen LogP contribution is -2.46. The van der Waals surface area contributed by atoms with Crippen LogP contribution in [0.3, 0.4) is 0 Å². The fraction of sp³-hybridized carbons (Fsp3) is 0.316. The number of halogens is 2. The summed E-state index contributed by atoms with van der Waals surface area (Å²) in [6, 6.07) is 12.4. The Labute approximate surface area is 164 Å². The van der Waals surface area contributed by atoms with Crippen LogP contribution in [0.5, 0.6) is 5.75 Å². The van der Waals surface area contributed by atoms with Crippen LogP contribution in [0.1, 0.15) is 12.8 Å². The summed E-state index contributed by atoms with van der Waals surface area (Å²) < 4.78 is 34.2. The molecular weight excluding hydrogens is 393 g/mol. The first kappa shape index (κ1) is 19.8. The second-order valence-electron chi connectivity index (χ2n) is 6.32. The van der Waals surface area contributed by atoms with Crippen LogP contribution in [-0.2, 0) is 15.8 Å². The molecule has 5 nitrogen and oxygen atoms in total. The van der Waals surface area contributed by atoms with Crippen molar-refractivity contribution in [3.63, 3.8) is 0 Å². The number of hydrogen-bond donors (Lipinski definition) is 1. The van der Waals surface area contributed by atoms with Crippen LogP contribution in [0.4, 0.5) is 4.39 Å². The van der Waals surface area contributed by atoms with Crippen LogP contribution in [0, 0.1) is 0 Å². The van der Waals surface area contributed by atoms with E-state index in [1.54, 1.807) is 29.6 Å².